The fraction of sp³-hybridized carbons (Fsp3) is 0.450. The van der Waals surface area contributed by atoms with Gasteiger partial charge in [0.2, 0.25) is 5.88 Å². The molecule has 1 aromatic heterocycles. The lowest BCUT2D eigenvalue weighted by molar-refractivity contribution is 0.0693. The smallest absolute Gasteiger partial charge is 0.344 e. The summed E-state index contributed by atoms with van der Waals surface area (Å²) in [5.41, 5.74) is -1.20. The van der Waals surface area contributed by atoms with E-state index in [1.807, 2.05) is 14.1 Å². The summed E-state index contributed by atoms with van der Waals surface area (Å²) >= 11 is 3.32. The number of hydrogen-bond acceptors (Lipinski definition) is 6. The highest BCUT2D eigenvalue weighted by molar-refractivity contribution is 9.10. The van der Waals surface area contributed by atoms with Gasteiger partial charge in [0.15, 0.2) is 17.2 Å². The molecular formula is C20H24BrF3N4O4S. The van der Waals surface area contributed by atoms with Crippen molar-refractivity contribution in [1.29, 1.82) is 0 Å². The highest BCUT2D eigenvalue weighted by Gasteiger charge is 2.25. The maximum atomic E-state index is 14.0. The van der Waals surface area contributed by atoms with E-state index in [-0.39, 0.29) is 5.00 Å². The highest BCUT2D eigenvalue weighted by atomic mass is 79.9. The second kappa shape index (κ2) is 12.8. The summed E-state index contributed by atoms with van der Waals surface area (Å²) < 4.78 is 50.2. The van der Waals surface area contributed by atoms with E-state index >= 15 is 0 Å². The number of carboxylic acids is 1. The van der Waals surface area contributed by atoms with Crippen molar-refractivity contribution in [3.05, 3.63) is 39.1 Å². The Hall–Kier alpha value is -2.38. The number of amides is 2. The van der Waals surface area contributed by atoms with E-state index < -0.39 is 57.5 Å². The normalized spacial score (nSPS) is 11.0. The number of carbonyl (C=O) groups excluding carboxylic acids is 1. The third-order valence-electron chi connectivity index (χ3n) is 4.48. The molecule has 2 rings (SSSR count). The Morgan fingerprint density at radius 3 is 2.55 bits per heavy atom. The van der Waals surface area contributed by atoms with Crippen LogP contribution in [0.25, 0.3) is 0 Å². The Bertz CT molecular complexity index is 991. The molecule has 0 aliphatic heterocycles. The third kappa shape index (κ3) is 7.86. The summed E-state index contributed by atoms with van der Waals surface area (Å²) in [4.78, 5) is 25.8. The molecule has 33 heavy (non-hydrogen) atoms. The average Bonchev–Trinajstić information content (AvgIpc) is 3.13. The Morgan fingerprint density at radius 1 is 1.18 bits per heavy atom. The number of unbranched alkanes of at least 4 members (excludes halogenated alkanes) is 3. The van der Waals surface area contributed by atoms with Crippen LogP contribution in [0.2, 0.25) is 0 Å². The summed E-state index contributed by atoms with van der Waals surface area (Å²) in [6.45, 7) is 0.606. The molecule has 1 aromatic carbocycles. The number of aromatic carboxylic acids is 1. The van der Waals surface area contributed by atoms with Crippen LogP contribution in [0, 0.1) is 17.5 Å². The van der Waals surface area contributed by atoms with E-state index in [2.05, 4.69) is 35.8 Å². The van der Waals surface area contributed by atoms with Gasteiger partial charge in [0.25, 0.3) is 0 Å². The summed E-state index contributed by atoms with van der Waals surface area (Å²) in [5, 5.41) is 14.4. The number of carbonyl (C=O) groups is 2. The number of halogens is 4. The molecule has 1 heterocycles. The van der Waals surface area contributed by atoms with Crippen molar-refractivity contribution in [2.24, 2.45) is 0 Å². The molecule has 0 radical (unpaired) electrons. The van der Waals surface area contributed by atoms with Crippen LogP contribution in [0.15, 0.2) is 10.5 Å². The molecule has 0 unspecified atom stereocenters. The van der Waals surface area contributed by atoms with Gasteiger partial charge in [0.05, 0.1) is 10.0 Å². The van der Waals surface area contributed by atoms with Gasteiger partial charge in [-0.2, -0.15) is 4.37 Å². The van der Waals surface area contributed by atoms with E-state index in [9.17, 15) is 27.9 Å². The van der Waals surface area contributed by atoms with E-state index in [1.54, 1.807) is 0 Å². The molecule has 0 spiro atoms. The SMILES string of the molecule is CN(C)CCCCCCNC(=O)Nc1snc(OCc2c(F)cc(Br)c(F)c2F)c1C(=O)O. The minimum absolute atomic E-state index is 0.107. The zero-order chi connectivity index (χ0) is 24.5. The Balaban J connectivity index is 1.93. The van der Waals surface area contributed by atoms with E-state index in [1.165, 1.54) is 0 Å². The van der Waals surface area contributed by atoms with Gasteiger partial charge in [0, 0.05) is 6.54 Å². The van der Waals surface area contributed by atoms with Crippen molar-refractivity contribution >= 4 is 44.5 Å². The number of benzene rings is 1. The van der Waals surface area contributed by atoms with Gasteiger partial charge < -0.3 is 20.1 Å². The number of nitrogens with zero attached hydrogens (tertiary/aromatic N) is 2. The topological polar surface area (TPSA) is 104 Å². The number of urea groups is 1. The maximum absolute atomic E-state index is 14.0. The van der Waals surface area contributed by atoms with Crippen LogP contribution in [0.5, 0.6) is 5.88 Å². The average molecular weight is 553 g/mol. The fourth-order valence-corrected chi connectivity index (χ4v) is 3.88. The molecule has 182 valence electrons. The van der Waals surface area contributed by atoms with E-state index in [0.717, 1.165) is 38.3 Å². The van der Waals surface area contributed by atoms with Crippen molar-refractivity contribution in [1.82, 2.24) is 14.6 Å². The van der Waals surface area contributed by atoms with Crippen LogP contribution >= 0.6 is 27.5 Å². The number of anilines is 1. The predicted molar refractivity (Wildman–Crippen MR) is 121 cm³/mol. The lowest BCUT2D eigenvalue weighted by Gasteiger charge is -2.10. The van der Waals surface area contributed by atoms with Crippen LogP contribution in [-0.2, 0) is 6.61 Å². The quantitative estimate of drug-likeness (QED) is 0.198. The minimum atomic E-state index is -1.46. The van der Waals surface area contributed by atoms with Crippen molar-refractivity contribution in [3.63, 3.8) is 0 Å². The second-order valence-corrected chi connectivity index (χ2v) is 8.96. The minimum Gasteiger partial charge on any atom is -0.477 e. The van der Waals surface area contributed by atoms with Crippen molar-refractivity contribution < 1.29 is 32.6 Å². The van der Waals surface area contributed by atoms with Gasteiger partial charge in [-0.1, -0.05) is 12.8 Å². The number of ether oxygens (including phenoxy) is 1. The number of rotatable bonds is 12. The van der Waals surface area contributed by atoms with Crippen LogP contribution in [0.4, 0.5) is 23.0 Å². The lowest BCUT2D eigenvalue weighted by atomic mass is 10.2. The summed E-state index contributed by atoms with van der Waals surface area (Å²) in [7, 11) is 4.01. The van der Waals surface area contributed by atoms with Crippen LogP contribution < -0.4 is 15.4 Å². The van der Waals surface area contributed by atoms with Crippen molar-refractivity contribution in [2.45, 2.75) is 32.3 Å². The maximum Gasteiger partial charge on any atom is 0.344 e. The summed E-state index contributed by atoms with van der Waals surface area (Å²) in [6.07, 6.45) is 3.80. The standard InChI is InChI=1S/C20H24BrF3N4O4S/c1-28(2)8-6-4-3-5-7-25-20(31)26-18-14(19(29)30)17(27-33-18)32-10-11-13(22)9-12(21)16(24)15(11)23/h9H,3-8,10H2,1-2H3,(H,29,30)(H2,25,26,31). The van der Waals surface area contributed by atoms with Gasteiger partial charge in [-0.05, 0) is 67.0 Å². The molecule has 2 amide bonds. The Kier molecular flexibility index (Phi) is 10.4. The first-order valence-corrected chi connectivity index (χ1v) is 11.6. The molecule has 0 aliphatic carbocycles. The van der Waals surface area contributed by atoms with Gasteiger partial charge >= 0.3 is 12.0 Å². The first kappa shape index (κ1) is 26.9. The largest absolute Gasteiger partial charge is 0.477 e. The second-order valence-electron chi connectivity index (χ2n) is 7.33. The van der Waals surface area contributed by atoms with Gasteiger partial charge in [0.1, 0.15) is 17.4 Å². The van der Waals surface area contributed by atoms with Gasteiger partial charge in [-0.25, -0.2) is 22.8 Å². The Morgan fingerprint density at radius 2 is 1.88 bits per heavy atom. The number of nitrogens with one attached hydrogen (secondary N) is 2. The lowest BCUT2D eigenvalue weighted by Crippen LogP contribution is -2.29. The van der Waals surface area contributed by atoms with E-state index in [0.29, 0.717) is 18.1 Å². The van der Waals surface area contributed by atoms with E-state index in [4.69, 9.17) is 4.74 Å². The molecule has 0 aliphatic rings. The van der Waals surface area contributed by atoms with Crippen LogP contribution in [-0.4, -0.2) is 53.6 Å². The first-order valence-electron chi connectivity index (χ1n) is 9.99. The molecule has 2 aromatic rings. The highest BCUT2D eigenvalue weighted by Crippen LogP contribution is 2.32. The van der Waals surface area contributed by atoms with Crippen molar-refractivity contribution in [2.75, 3.05) is 32.5 Å². The molecule has 0 saturated carbocycles. The van der Waals surface area contributed by atoms with Gasteiger partial charge in [-0.3, -0.25) is 5.32 Å². The first-order chi connectivity index (χ1) is 15.6. The zero-order valence-electron chi connectivity index (χ0n) is 18.0. The molecule has 0 fully saturated rings. The molecule has 0 atom stereocenters. The predicted octanol–water partition coefficient (Wildman–Crippen LogP) is 4.84. The molecule has 8 nitrogen and oxygen atoms in total. The molecule has 3 N–H and O–H groups in total. The molecule has 0 saturated heterocycles. The summed E-state index contributed by atoms with van der Waals surface area (Å²) in [5.74, 6) is -5.76. The monoisotopic (exact) mass is 552 g/mol. The third-order valence-corrected chi connectivity index (χ3v) is 5.80. The van der Waals surface area contributed by atoms with Crippen LogP contribution in [0.3, 0.4) is 0 Å². The zero-order valence-corrected chi connectivity index (χ0v) is 20.4. The number of hydrogen-bond donors (Lipinski definition) is 3. The number of aromatic nitrogens is 1. The number of carboxylic acid groups (broad SMARTS) is 1. The van der Waals surface area contributed by atoms with Gasteiger partial charge in [-0.15, -0.1) is 0 Å². The van der Waals surface area contributed by atoms with Crippen molar-refractivity contribution in [3.8, 4) is 5.88 Å². The fourth-order valence-electron chi connectivity index (χ4n) is 2.78. The van der Waals surface area contributed by atoms with Crippen LogP contribution in [0.1, 0.15) is 41.6 Å². The molecular weight excluding hydrogens is 529 g/mol. The molecule has 0 bridgehead atoms. The molecule has 13 heteroatoms. The Labute approximate surface area is 201 Å². The summed E-state index contributed by atoms with van der Waals surface area (Å²) in [6, 6.07) is 0.114.